The summed E-state index contributed by atoms with van der Waals surface area (Å²) in [6.07, 6.45) is 4.74. The van der Waals surface area contributed by atoms with Crippen LogP contribution in [0.3, 0.4) is 0 Å². The Balaban J connectivity index is 2.05. The van der Waals surface area contributed by atoms with E-state index in [0.29, 0.717) is 6.04 Å². The summed E-state index contributed by atoms with van der Waals surface area (Å²) < 4.78 is 0. The first kappa shape index (κ1) is 12.8. The highest BCUT2D eigenvalue weighted by atomic mass is 32.2. The molecule has 2 rings (SSSR count). The van der Waals surface area contributed by atoms with E-state index in [1.54, 1.807) is 0 Å². The number of piperidine rings is 1. The lowest BCUT2D eigenvalue weighted by molar-refractivity contribution is 0.431. The topological polar surface area (TPSA) is 15.3 Å². The molecule has 1 aromatic rings. The van der Waals surface area contributed by atoms with Gasteiger partial charge in [0.1, 0.15) is 0 Å². The van der Waals surface area contributed by atoms with Crippen LogP contribution in [0.15, 0.2) is 29.2 Å². The van der Waals surface area contributed by atoms with E-state index >= 15 is 0 Å². The molecule has 94 valence electrons. The standard InChI is InChI=1S/C14H22N2S/c1-3-15-12-6-5-9-16(11-12)13-7-4-8-14(10-13)17-2/h4,7-8,10,12,15H,3,5-6,9,11H2,1-2H3. The molecule has 0 aliphatic carbocycles. The van der Waals surface area contributed by atoms with Crippen LogP contribution in [0.5, 0.6) is 0 Å². The number of nitrogens with zero attached hydrogens (tertiary/aromatic N) is 1. The van der Waals surface area contributed by atoms with Crippen molar-refractivity contribution < 1.29 is 0 Å². The summed E-state index contributed by atoms with van der Waals surface area (Å²) in [6, 6.07) is 9.54. The van der Waals surface area contributed by atoms with Crippen LogP contribution in [0.4, 0.5) is 5.69 Å². The molecule has 2 nitrogen and oxygen atoms in total. The van der Waals surface area contributed by atoms with Crippen molar-refractivity contribution in [2.24, 2.45) is 0 Å². The SMILES string of the molecule is CCNC1CCCN(c2cccc(SC)c2)C1. The Hall–Kier alpha value is -0.670. The Labute approximate surface area is 109 Å². The second-order valence-electron chi connectivity index (χ2n) is 4.54. The van der Waals surface area contributed by atoms with Gasteiger partial charge in [0.25, 0.3) is 0 Å². The molecule has 1 fully saturated rings. The third kappa shape index (κ3) is 3.39. The lowest BCUT2D eigenvalue weighted by Crippen LogP contribution is -2.45. The summed E-state index contributed by atoms with van der Waals surface area (Å²) in [4.78, 5) is 3.87. The fourth-order valence-electron chi connectivity index (χ4n) is 2.47. The van der Waals surface area contributed by atoms with Gasteiger partial charge in [-0.1, -0.05) is 13.0 Å². The van der Waals surface area contributed by atoms with Gasteiger partial charge in [0, 0.05) is 29.7 Å². The maximum atomic E-state index is 3.57. The molecule has 17 heavy (non-hydrogen) atoms. The summed E-state index contributed by atoms with van der Waals surface area (Å²) in [5.41, 5.74) is 1.37. The first-order valence-electron chi connectivity index (χ1n) is 6.46. The number of thioether (sulfide) groups is 1. The molecule has 0 bridgehead atoms. The van der Waals surface area contributed by atoms with E-state index in [-0.39, 0.29) is 0 Å². The van der Waals surface area contributed by atoms with Crippen molar-refractivity contribution in [1.29, 1.82) is 0 Å². The number of likely N-dealkylation sites (N-methyl/N-ethyl adjacent to an activating group) is 1. The van der Waals surface area contributed by atoms with Gasteiger partial charge in [0.2, 0.25) is 0 Å². The van der Waals surface area contributed by atoms with Gasteiger partial charge in [0.15, 0.2) is 0 Å². The van der Waals surface area contributed by atoms with E-state index in [1.165, 1.54) is 30.0 Å². The molecule has 0 saturated carbocycles. The van der Waals surface area contributed by atoms with E-state index in [0.717, 1.165) is 13.1 Å². The van der Waals surface area contributed by atoms with Gasteiger partial charge in [-0.2, -0.15) is 0 Å². The fourth-order valence-corrected chi connectivity index (χ4v) is 2.93. The maximum Gasteiger partial charge on any atom is 0.0377 e. The highest BCUT2D eigenvalue weighted by Crippen LogP contribution is 2.24. The molecule has 1 saturated heterocycles. The zero-order valence-electron chi connectivity index (χ0n) is 10.8. The molecule has 1 N–H and O–H groups in total. The Morgan fingerprint density at radius 3 is 3.12 bits per heavy atom. The number of anilines is 1. The molecule has 1 aliphatic rings. The maximum absolute atomic E-state index is 3.57. The Morgan fingerprint density at radius 1 is 1.47 bits per heavy atom. The number of rotatable bonds is 4. The minimum absolute atomic E-state index is 0.659. The molecule has 0 aromatic heterocycles. The quantitative estimate of drug-likeness (QED) is 0.827. The summed E-state index contributed by atoms with van der Waals surface area (Å²) in [6.45, 7) is 5.60. The van der Waals surface area contributed by atoms with Gasteiger partial charge < -0.3 is 10.2 Å². The second-order valence-corrected chi connectivity index (χ2v) is 5.42. The molecule has 0 spiro atoms. The fraction of sp³-hybridized carbons (Fsp3) is 0.571. The molecule has 1 aliphatic heterocycles. The number of hydrogen-bond acceptors (Lipinski definition) is 3. The van der Waals surface area contributed by atoms with Crippen molar-refractivity contribution in [3.05, 3.63) is 24.3 Å². The third-order valence-electron chi connectivity index (χ3n) is 3.33. The van der Waals surface area contributed by atoms with E-state index in [4.69, 9.17) is 0 Å². The number of benzene rings is 1. The summed E-state index contributed by atoms with van der Waals surface area (Å²) >= 11 is 1.82. The summed E-state index contributed by atoms with van der Waals surface area (Å²) in [7, 11) is 0. The highest BCUT2D eigenvalue weighted by molar-refractivity contribution is 7.98. The summed E-state index contributed by atoms with van der Waals surface area (Å²) in [5, 5.41) is 3.57. The average Bonchev–Trinajstić information content (AvgIpc) is 2.40. The molecule has 1 unspecified atom stereocenters. The first-order valence-corrected chi connectivity index (χ1v) is 7.68. The smallest absolute Gasteiger partial charge is 0.0377 e. The average molecular weight is 250 g/mol. The van der Waals surface area contributed by atoms with Crippen molar-refractivity contribution in [1.82, 2.24) is 5.32 Å². The Bertz CT molecular complexity index is 352. The van der Waals surface area contributed by atoms with E-state index in [1.807, 2.05) is 11.8 Å². The van der Waals surface area contributed by atoms with Crippen LogP contribution in [0.25, 0.3) is 0 Å². The Morgan fingerprint density at radius 2 is 2.35 bits per heavy atom. The minimum Gasteiger partial charge on any atom is -0.370 e. The van der Waals surface area contributed by atoms with Crippen molar-refractivity contribution in [3.63, 3.8) is 0 Å². The molecule has 1 aromatic carbocycles. The van der Waals surface area contributed by atoms with Gasteiger partial charge in [-0.15, -0.1) is 11.8 Å². The number of nitrogens with one attached hydrogen (secondary N) is 1. The van der Waals surface area contributed by atoms with Crippen LogP contribution in [0.2, 0.25) is 0 Å². The predicted octanol–water partition coefficient (Wildman–Crippen LogP) is 2.99. The zero-order chi connectivity index (χ0) is 12.1. The second kappa shape index (κ2) is 6.31. The molecule has 3 heteroatoms. The predicted molar refractivity (Wildman–Crippen MR) is 77.1 cm³/mol. The van der Waals surface area contributed by atoms with Crippen LogP contribution < -0.4 is 10.2 Å². The van der Waals surface area contributed by atoms with Crippen molar-refractivity contribution >= 4 is 17.4 Å². The van der Waals surface area contributed by atoms with Crippen LogP contribution in [-0.2, 0) is 0 Å². The lowest BCUT2D eigenvalue weighted by Gasteiger charge is -2.35. The van der Waals surface area contributed by atoms with E-state index < -0.39 is 0 Å². The van der Waals surface area contributed by atoms with Crippen LogP contribution in [0, 0.1) is 0 Å². The van der Waals surface area contributed by atoms with Crippen LogP contribution in [-0.4, -0.2) is 31.9 Å². The molecular weight excluding hydrogens is 228 g/mol. The Kier molecular flexibility index (Phi) is 4.75. The molecule has 1 atom stereocenters. The van der Waals surface area contributed by atoms with Crippen molar-refractivity contribution in [3.8, 4) is 0 Å². The van der Waals surface area contributed by atoms with Gasteiger partial charge >= 0.3 is 0 Å². The third-order valence-corrected chi connectivity index (χ3v) is 4.06. The van der Waals surface area contributed by atoms with Gasteiger partial charge in [0.05, 0.1) is 0 Å². The first-order chi connectivity index (χ1) is 8.33. The monoisotopic (exact) mass is 250 g/mol. The van der Waals surface area contributed by atoms with Crippen molar-refractivity contribution in [2.75, 3.05) is 30.8 Å². The largest absolute Gasteiger partial charge is 0.370 e. The lowest BCUT2D eigenvalue weighted by atomic mass is 10.0. The molecule has 1 heterocycles. The normalized spacial score (nSPS) is 20.6. The molecule has 0 radical (unpaired) electrons. The highest BCUT2D eigenvalue weighted by Gasteiger charge is 2.19. The summed E-state index contributed by atoms with van der Waals surface area (Å²) in [5.74, 6) is 0. The van der Waals surface area contributed by atoms with E-state index in [9.17, 15) is 0 Å². The van der Waals surface area contributed by atoms with Crippen molar-refractivity contribution in [2.45, 2.75) is 30.7 Å². The zero-order valence-corrected chi connectivity index (χ0v) is 11.6. The number of hydrogen-bond donors (Lipinski definition) is 1. The van der Waals surface area contributed by atoms with Gasteiger partial charge in [-0.05, 0) is 43.8 Å². The minimum atomic E-state index is 0.659. The molecular formula is C14H22N2S. The van der Waals surface area contributed by atoms with Gasteiger partial charge in [-0.25, -0.2) is 0 Å². The van der Waals surface area contributed by atoms with Crippen LogP contribution in [0.1, 0.15) is 19.8 Å². The van der Waals surface area contributed by atoms with E-state index in [2.05, 4.69) is 47.7 Å². The van der Waals surface area contributed by atoms with Crippen LogP contribution >= 0.6 is 11.8 Å². The van der Waals surface area contributed by atoms with Gasteiger partial charge in [-0.3, -0.25) is 0 Å². The molecule has 0 amide bonds.